The highest BCUT2D eigenvalue weighted by Crippen LogP contribution is 2.14. The fourth-order valence-corrected chi connectivity index (χ4v) is 1.52. The van der Waals surface area contributed by atoms with Crippen molar-refractivity contribution in [3.05, 3.63) is 42.4 Å². The number of carbonyl (C=O) groups is 1. The molecule has 0 aliphatic heterocycles. The van der Waals surface area contributed by atoms with Gasteiger partial charge in [-0.25, -0.2) is 4.98 Å². The van der Waals surface area contributed by atoms with Crippen LogP contribution >= 0.6 is 0 Å². The van der Waals surface area contributed by atoms with Crippen molar-refractivity contribution in [2.24, 2.45) is 0 Å². The minimum Gasteiger partial charge on any atom is -0.459 e. The van der Waals surface area contributed by atoms with Crippen LogP contribution in [0.4, 0.5) is 8.78 Å². The average Bonchev–Trinajstić information content (AvgIpc) is 2.98. The first-order valence-corrected chi connectivity index (χ1v) is 5.18. The highest BCUT2D eigenvalue weighted by Gasteiger charge is 2.18. The molecule has 2 heterocycles. The maximum absolute atomic E-state index is 12.6. The zero-order valence-electron chi connectivity index (χ0n) is 9.59. The van der Waals surface area contributed by atoms with Crippen LogP contribution in [-0.2, 0) is 6.54 Å². The van der Waals surface area contributed by atoms with E-state index in [1.807, 2.05) is 0 Å². The molecule has 0 spiro atoms. The lowest BCUT2D eigenvalue weighted by atomic mass is 10.4. The van der Waals surface area contributed by atoms with Gasteiger partial charge >= 0.3 is 6.55 Å². The largest absolute Gasteiger partial charge is 0.459 e. The summed E-state index contributed by atoms with van der Waals surface area (Å²) in [4.78, 5) is 16.9. The fourth-order valence-electron chi connectivity index (χ4n) is 1.52. The molecule has 2 aromatic heterocycles. The molecule has 0 fully saturated rings. The normalized spacial score (nSPS) is 10.9. The number of nitrogens with zero attached hydrogens (tertiary/aromatic N) is 3. The third kappa shape index (κ3) is 2.39. The zero-order valence-corrected chi connectivity index (χ0v) is 9.59. The highest BCUT2D eigenvalue weighted by atomic mass is 19.3. The van der Waals surface area contributed by atoms with Crippen molar-refractivity contribution in [1.29, 1.82) is 0 Å². The fraction of sp³-hybridized carbons (Fsp3) is 0.273. The number of hydrogen-bond donors (Lipinski definition) is 0. The second-order valence-electron chi connectivity index (χ2n) is 3.67. The van der Waals surface area contributed by atoms with Crippen molar-refractivity contribution >= 4 is 5.91 Å². The summed E-state index contributed by atoms with van der Waals surface area (Å²) >= 11 is 0. The van der Waals surface area contributed by atoms with Gasteiger partial charge in [-0.3, -0.25) is 9.36 Å². The van der Waals surface area contributed by atoms with Crippen LogP contribution in [0.2, 0.25) is 0 Å². The Balaban J connectivity index is 2.09. The van der Waals surface area contributed by atoms with E-state index in [2.05, 4.69) is 4.98 Å². The first kappa shape index (κ1) is 12.3. The Labute approximate surface area is 102 Å². The lowest BCUT2D eigenvalue weighted by Crippen LogP contribution is -2.27. The zero-order chi connectivity index (χ0) is 13.1. The Morgan fingerprint density at radius 1 is 1.61 bits per heavy atom. The van der Waals surface area contributed by atoms with Crippen LogP contribution in [0.5, 0.6) is 0 Å². The first-order valence-electron chi connectivity index (χ1n) is 5.18. The van der Waals surface area contributed by atoms with Crippen molar-refractivity contribution in [2.75, 3.05) is 7.05 Å². The number of halogens is 2. The number of hydrogen-bond acceptors (Lipinski definition) is 3. The summed E-state index contributed by atoms with van der Waals surface area (Å²) in [5.74, 6) is -0.108. The molecule has 96 valence electrons. The molecule has 2 aromatic rings. The molecule has 0 saturated carbocycles. The van der Waals surface area contributed by atoms with Crippen LogP contribution in [0, 0.1) is 0 Å². The molecule has 1 amide bonds. The molecule has 0 saturated heterocycles. The minimum absolute atomic E-state index is 0.0170. The van der Waals surface area contributed by atoms with Gasteiger partial charge in [-0.1, -0.05) is 0 Å². The minimum atomic E-state index is -2.67. The van der Waals surface area contributed by atoms with Gasteiger partial charge in [0.15, 0.2) is 5.76 Å². The van der Waals surface area contributed by atoms with Crippen LogP contribution in [-0.4, -0.2) is 27.4 Å². The van der Waals surface area contributed by atoms with E-state index in [1.165, 1.54) is 36.7 Å². The number of carbonyl (C=O) groups excluding carboxylic acids is 1. The number of amides is 1. The maximum Gasteiger partial charge on any atom is 0.319 e. The molecule has 0 radical (unpaired) electrons. The molecular weight excluding hydrogens is 244 g/mol. The molecule has 5 nitrogen and oxygen atoms in total. The molecule has 2 rings (SSSR count). The van der Waals surface area contributed by atoms with Crippen molar-refractivity contribution in [3.8, 4) is 0 Å². The summed E-state index contributed by atoms with van der Waals surface area (Å²) in [6, 6.07) is 3.10. The second-order valence-corrected chi connectivity index (χ2v) is 3.67. The van der Waals surface area contributed by atoms with E-state index in [9.17, 15) is 13.6 Å². The third-order valence-electron chi connectivity index (χ3n) is 2.42. The van der Waals surface area contributed by atoms with E-state index in [1.54, 1.807) is 6.07 Å². The van der Waals surface area contributed by atoms with Gasteiger partial charge in [0.05, 0.1) is 12.8 Å². The van der Waals surface area contributed by atoms with Gasteiger partial charge in [0.1, 0.15) is 5.82 Å². The van der Waals surface area contributed by atoms with Gasteiger partial charge in [0.25, 0.3) is 5.91 Å². The van der Waals surface area contributed by atoms with Gasteiger partial charge in [0.2, 0.25) is 0 Å². The van der Waals surface area contributed by atoms with Gasteiger partial charge in [-0.15, -0.1) is 0 Å². The highest BCUT2D eigenvalue weighted by molar-refractivity contribution is 5.91. The van der Waals surface area contributed by atoms with Crippen LogP contribution < -0.4 is 0 Å². The van der Waals surface area contributed by atoms with Gasteiger partial charge < -0.3 is 9.32 Å². The van der Waals surface area contributed by atoms with Crippen LogP contribution in [0.25, 0.3) is 0 Å². The molecule has 18 heavy (non-hydrogen) atoms. The van der Waals surface area contributed by atoms with Gasteiger partial charge in [-0.05, 0) is 12.1 Å². The molecule has 0 unspecified atom stereocenters. The van der Waals surface area contributed by atoms with Crippen LogP contribution in [0.1, 0.15) is 22.9 Å². The molecule has 0 aromatic carbocycles. The van der Waals surface area contributed by atoms with Gasteiger partial charge in [0, 0.05) is 19.4 Å². The number of alkyl halides is 2. The third-order valence-corrected chi connectivity index (χ3v) is 2.42. The first-order chi connectivity index (χ1) is 8.59. The number of imidazole rings is 1. The predicted octanol–water partition coefficient (Wildman–Crippen LogP) is 2.14. The number of furan rings is 1. The molecule has 0 aliphatic carbocycles. The average molecular weight is 255 g/mol. The summed E-state index contributed by atoms with van der Waals surface area (Å²) < 4.78 is 30.8. The summed E-state index contributed by atoms with van der Waals surface area (Å²) in [7, 11) is 1.50. The summed E-state index contributed by atoms with van der Waals surface area (Å²) in [5, 5.41) is 0. The summed E-state index contributed by atoms with van der Waals surface area (Å²) in [5.41, 5.74) is 0. The van der Waals surface area contributed by atoms with Gasteiger partial charge in [-0.2, -0.15) is 8.78 Å². The van der Waals surface area contributed by atoms with E-state index in [0.29, 0.717) is 4.57 Å². The Kier molecular flexibility index (Phi) is 3.40. The van der Waals surface area contributed by atoms with Crippen molar-refractivity contribution < 1.29 is 18.0 Å². The van der Waals surface area contributed by atoms with E-state index in [-0.39, 0.29) is 24.0 Å². The summed E-state index contributed by atoms with van der Waals surface area (Å²) in [6.45, 7) is -2.69. The van der Waals surface area contributed by atoms with Crippen molar-refractivity contribution in [2.45, 2.75) is 13.1 Å². The number of aromatic nitrogens is 2. The van der Waals surface area contributed by atoms with Crippen molar-refractivity contribution in [3.63, 3.8) is 0 Å². The lowest BCUT2D eigenvalue weighted by molar-refractivity contribution is 0.0604. The topological polar surface area (TPSA) is 51.3 Å². The molecule has 0 atom stereocenters. The summed E-state index contributed by atoms with van der Waals surface area (Å²) in [6.07, 6.45) is 3.82. The molecule has 0 bridgehead atoms. The monoisotopic (exact) mass is 255 g/mol. The molecule has 7 heteroatoms. The Hall–Kier alpha value is -2.18. The molecular formula is C11H11F2N3O2. The lowest BCUT2D eigenvalue weighted by Gasteiger charge is -2.16. The van der Waals surface area contributed by atoms with Crippen LogP contribution in [0.3, 0.4) is 0 Å². The smallest absolute Gasteiger partial charge is 0.319 e. The maximum atomic E-state index is 12.6. The SMILES string of the molecule is CN(Cc1nccn1C(F)F)C(=O)c1ccco1. The van der Waals surface area contributed by atoms with E-state index >= 15 is 0 Å². The predicted molar refractivity (Wildman–Crippen MR) is 58.0 cm³/mol. The van der Waals surface area contributed by atoms with E-state index in [4.69, 9.17) is 4.42 Å². The molecule has 0 aliphatic rings. The number of rotatable bonds is 4. The Morgan fingerprint density at radius 2 is 2.39 bits per heavy atom. The molecule has 0 N–H and O–H groups in total. The Bertz CT molecular complexity index is 522. The standard InChI is InChI=1S/C11H11F2N3O2/c1-15(10(17)8-3-2-6-18-8)7-9-14-4-5-16(9)11(12)13/h2-6,11H,7H2,1H3. The van der Waals surface area contributed by atoms with Crippen LogP contribution in [0.15, 0.2) is 35.2 Å². The van der Waals surface area contributed by atoms with E-state index in [0.717, 1.165) is 0 Å². The van der Waals surface area contributed by atoms with E-state index < -0.39 is 6.55 Å². The Morgan fingerprint density at radius 3 is 3.00 bits per heavy atom. The second kappa shape index (κ2) is 4.99. The van der Waals surface area contributed by atoms with Crippen molar-refractivity contribution in [1.82, 2.24) is 14.5 Å². The quantitative estimate of drug-likeness (QED) is 0.841.